The molecule has 6 aliphatic rings. The summed E-state index contributed by atoms with van der Waals surface area (Å²) in [5.74, 6) is -0.552. The van der Waals surface area contributed by atoms with Crippen molar-refractivity contribution in [2.75, 3.05) is 19.8 Å². The molecule has 6 nitrogen and oxygen atoms in total. The van der Waals surface area contributed by atoms with Crippen molar-refractivity contribution in [3.05, 3.63) is 35.9 Å². The fourth-order valence-corrected chi connectivity index (χ4v) is 10.7. The van der Waals surface area contributed by atoms with E-state index in [1.165, 1.54) is 5.56 Å². The van der Waals surface area contributed by atoms with Gasteiger partial charge in [-0.15, -0.1) is 0 Å². The highest BCUT2D eigenvalue weighted by Gasteiger charge is 2.95. The zero-order valence-electron chi connectivity index (χ0n) is 27.2. The summed E-state index contributed by atoms with van der Waals surface area (Å²) in [6.45, 7) is 25.3. The SMILES string of the molecule is CC1(C)OB([C@@]23C[C@H](O[Si](C)(C)C(C)(C)C)[C@]4([C@H]2COCc2ccccc2)C2(CCC[C@]43C)OCCO2)OC1(C)C. The first kappa shape index (κ1) is 30.3. The van der Waals surface area contributed by atoms with Crippen molar-refractivity contribution in [2.24, 2.45) is 16.7 Å². The summed E-state index contributed by atoms with van der Waals surface area (Å²) >= 11 is 0. The lowest BCUT2D eigenvalue weighted by molar-refractivity contribution is -0.371. The molecule has 2 heterocycles. The van der Waals surface area contributed by atoms with Gasteiger partial charge in [0.1, 0.15) is 0 Å². The molecule has 7 rings (SSSR count). The van der Waals surface area contributed by atoms with Crippen LogP contribution in [0.4, 0.5) is 0 Å². The van der Waals surface area contributed by atoms with E-state index in [4.69, 9.17) is 27.9 Å². The predicted molar refractivity (Wildman–Crippen MR) is 164 cm³/mol. The third-order valence-electron chi connectivity index (χ3n) is 13.0. The Morgan fingerprint density at radius 1 is 0.927 bits per heavy atom. The van der Waals surface area contributed by atoms with Crippen LogP contribution in [-0.4, -0.2) is 58.3 Å². The molecule has 2 spiro atoms. The minimum absolute atomic E-state index is 0.0175. The number of rotatable bonds is 7. The highest BCUT2D eigenvalue weighted by molar-refractivity contribution is 6.74. The van der Waals surface area contributed by atoms with Crippen LogP contribution in [0.25, 0.3) is 0 Å². The van der Waals surface area contributed by atoms with E-state index in [1.54, 1.807) is 0 Å². The monoisotopic (exact) mass is 584 g/mol. The molecule has 4 saturated carbocycles. The molecule has 0 amide bonds. The Kier molecular flexibility index (Phi) is 6.93. The largest absolute Gasteiger partial charge is 0.465 e. The van der Waals surface area contributed by atoms with Gasteiger partial charge in [0.05, 0.1) is 49.1 Å². The number of benzene rings is 1. The smallest absolute Gasteiger partial charge is 0.413 e. The van der Waals surface area contributed by atoms with E-state index in [0.29, 0.717) is 26.4 Å². The summed E-state index contributed by atoms with van der Waals surface area (Å²) in [5, 5.41) is -0.187. The Bertz CT molecular complexity index is 1130. The van der Waals surface area contributed by atoms with Gasteiger partial charge in [-0.2, -0.15) is 0 Å². The first-order chi connectivity index (χ1) is 19.0. The first-order valence-corrected chi connectivity index (χ1v) is 18.8. The third-order valence-corrected chi connectivity index (χ3v) is 17.5. The van der Waals surface area contributed by atoms with Crippen LogP contribution < -0.4 is 0 Å². The normalized spacial score (nSPS) is 38.7. The molecule has 4 aliphatic carbocycles. The lowest BCUT2D eigenvalue weighted by Gasteiger charge is -2.75. The highest BCUT2D eigenvalue weighted by Crippen LogP contribution is 2.93. The average molecular weight is 585 g/mol. The van der Waals surface area contributed by atoms with Crippen LogP contribution >= 0.6 is 0 Å². The third kappa shape index (κ3) is 3.83. The molecule has 1 aromatic carbocycles. The van der Waals surface area contributed by atoms with E-state index in [2.05, 4.69) is 98.8 Å². The molecular formula is C33H53BO6Si. The van der Waals surface area contributed by atoms with Crippen molar-refractivity contribution >= 4 is 15.4 Å². The van der Waals surface area contributed by atoms with Crippen LogP contribution in [0.3, 0.4) is 0 Å². The second-order valence-electron chi connectivity index (χ2n) is 16.3. The molecule has 6 fully saturated rings. The fraction of sp³-hybridized carbons (Fsp3) is 0.818. The van der Waals surface area contributed by atoms with Crippen molar-refractivity contribution in [3.63, 3.8) is 0 Å². The van der Waals surface area contributed by atoms with E-state index in [9.17, 15) is 0 Å². The topological polar surface area (TPSA) is 55.4 Å². The van der Waals surface area contributed by atoms with Gasteiger partial charge < -0.3 is 27.9 Å². The number of fused-ring (bicyclic) bond motifs is 1. The Morgan fingerprint density at radius 3 is 2.12 bits per heavy atom. The van der Waals surface area contributed by atoms with E-state index in [0.717, 1.165) is 25.7 Å². The Hall–Kier alpha value is -0.738. The van der Waals surface area contributed by atoms with Gasteiger partial charge in [0.2, 0.25) is 0 Å². The van der Waals surface area contributed by atoms with Crippen LogP contribution in [0.1, 0.15) is 86.6 Å². The Morgan fingerprint density at radius 2 is 1.54 bits per heavy atom. The van der Waals surface area contributed by atoms with Gasteiger partial charge >= 0.3 is 7.12 Å². The van der Waals surface area contributed by atoms with Crippen molar-refractivity contribution in [2.45, 2.75) is 134 Å². The van der Waals surface area contributed by atoms with Crippen LogP contribution in [0.5, 0.6) is 0 Å². The van der Waals surface area contributed by atoms with Gasteiger partial charge in [0.15, 0.2) is 14.1 Å². The van der Waals surface area contributed by atoms with Gasteiger partial charge in [-0.05, 0) is 76.1 Å². The van der Waals surface area contributed by atoms with Gasteiger partial charge in [-0.1, -0.05) is 58.0 Å². The van der Waals surface area contributed by atoms with E-state index >= 15 is 0 Å². The molecule has 41 heavy (non-hydrogen) atoms. The molecule has 1 aromatic rings. The standard InChI is InChI=1S/C33H53BO6Si/c1-27(2,3)41(9,10)38-26-21-31(34-39-28(4,5)29(6,7)40-34)25(23-35-22-24-15-12-11-13-16-24)33(26)30(31,8)17-14-18-32(33)36-19-20-37-32/h11-13,15-16,25-26H,14,17-23H2,1-10H3/t25-,26-,30-,31-,33-/m0/s1. The second-order valence-corrected chi connectivity index (χ2v) is 21.0. The molecule has 8 heteroatoms. The van der Waals surface area contributed by atoms with Crippen molar-refractivity contribution in [1.82, 2.24) is 0 Å². The maximum atomic E-state index is 7.52. The summed E-state index contributed by atoms with van der Waals surface area (Å²) in [6.07, 6.45) is 3.90. The molecule has 0 unspecified atom stereocenters. The fourth-order valence-electron chi connectivity index (χ4n) is 9.38. The Labute approximate surface area is 249 Å². The lowest BCUT2D eigenvalue weighted by atomic mass is 9.23. The molecule has 0 N–H and O–H groups in total. The molecule has 0 aromatic heterocycles. The molecule has 2 saturated heterocycles. The Balaban J connectivity index is 1.47. The number of hydrogen-bond acceptors (Lipinski definition) is 6. The van der Waals surface area contributed by atoms with Crippen LogP contribution in [0.15, 0.2) is 30.3 Å². The van der Waals surface area contributed by atoms with Gasteiger partial charge in [0, 0.05) is 17.7 Å². The molecule has 2 bridgehead atoms. The van der Waals surface area contributed by atoms with E-state index < -0.39 is 25.3 Å². The van der Waals surface area contributed by atoms with Crippen LogP contribution in [0, 0.1) is 16.7 Å². The minimum atomic E-state index is -2.14. The number of ether oxygens (including phenoxy) is 3. The average Bonchev–Trinajstić information content (AvgIpc) is 3.56. The van der Waals surface area contributed by atoms with Gasteiger partial charge in [-0.3, -0.25) is 0 Å². The lowest BCUT2D eigenvalue weighted by Crippen LogP contribution is -2.79. The summed E-state index contributed by atoms with van der Waals surface area (Å²) in [7, 11) is -2.49. The second kappa shape index (κ2) is 9.38. The highest BCUT2D eigenvalue weighted by atomic mass is 28.4. The quantitative estimate of drug-likeness (QED) is 0.312. The summed E-state index contributed by atoms with van der Waals surface area (Å²) in [4.78, 5) is 0. The maximum Gasteiger partial charge on any atom is 0.465 e. The van der Waals surface area contributed by atoms with Crippen LogP contribution in [0.2, 0.25) is 23.4 Å². The summed E-state index contributed by atoms with van der Waals surface area (Å²) < 4.78 is 41.7. The van der Waals surface area contributed by atoms with Crippen molar-refractivity contribution < 1.29 is 27.9 Å². The summed E-state index contributed by atoms with van der Waals surface area (Å²) in [5.41, 5.74) is -0.129. The molecule has 5 atom stereocenters. The molecule has 2 aliphatic heterocycles. The molecule has 0 radical (unpaired) electrons. The zero-order valence-corrected chi connectivity index (χ0v) is 28.2. The summed E-state index contributed by atoms with van der Waals surface area (Å²) in [6, 6.07) is 10.5. The predicted octanol–water partition coefficient (Wildman–Crippen LogP) is 7.38. The molecular weight excluding hydrogens is 531 g/mol. The van der Waals surface area contributed by atoms with E-state index in [1.807, 2.05) is 0 Å². The number of hydrogen-bond donors (Lipinski definition) is 0. The van der Waals surface area contributed by atoms with Crippen molar-refractivity contribution in [1.29, 1.82) is 0 Å². The van der Waals surface area contributed by atoms with Crippen molar-refractivity contribution in [3.8, 4) is 0 Å². The zero-order chi connectivity index (χ0) is 29.7. The molecule has 228 valence electrons. The first-order valence-electron chi connectivity index (χ1n) is 15.9. The van der Waals surface area contributed by atoms with E-state index in [-0.39, 0.29) is 40.3 Å². The van der Waals surface area contributed by atoms with Gasteiger partial charge in [-0.25, -0.2) is 0 Å². The van der Waals surface area contributed by atoms with Crippen LogP contribution in [-0.2, 0) is 34.6 Å². The van der Waals surface area contributed by atoms with Gasteiger partial charge in [0.25, 0.3) is 0 Å². The minimum Gasteiger partial charge on any atom is -0.413 e. The maximum absolute atomic E-state index is 7.52.